The summed E-state index contributed by atoms with van der Waals surface area (Å²) in [6.07, 6.45) is 3.34. The fourth-order valence-corrected chi connectivity index (χ4v) is 2.31. The van der Waals surface area contributed by atoms with Gasteiger partial charge in [-0.15, -0.1) is 0 Å². The van der Waals surface area contributed by atoms with Crippen LogP contribution in [0.4, 0.5) is 0 Å². The lowest BCUT2D eigenvalue weighted by Crippen LogP contribution is -2.33. The van der Waals surface area contributed by atoms with Gasteiger partial charge in [-0.05, 0) is 37.3 Å². The SMILES string of the molecule is CC(CCN(CC(=O)O)C1CC1)c1ccccc1. The number of carboxylic acid groups (broad SMARTS) is 1. The third kappa shape index (κ3) is 3.84. The van der Waals surface area contributed by atoms with Crippen molar-refractivity contribution >= 4 is 5.97 Å². The molecule has 18 heavy (non-hydrogen) atoms. The van der Waals surface area contributed by atoms with E-state index >= 15 is 0 Å². The lowest BCUT2D eigenvalue weighted by Gasteiger charge is -2.22. The van der Waals surface area contributed by atoms with Crippen LogP contribution in [-0.2, 0) is 4.79 Å². The zero-order valence-corrected chi connectivity index (χ0v) is 10.9. The Bertz CT molecular complexity index is 387. The van der Waals surface area contributed by atoms with Gasteiger partial charge in [0.1, 0.15) is 0 Å². The molecule has 0 amide bonds. The van der Waals surface area contributed by atoms with Gasteiger partial charge < -0.3 is 5.11 Å². The molecule has 3 heteroatoms. The monoisotopic (exact) mass is 247 g/mol. The van der Waals surface area contributed by atoms with E-state index in [2.05, 4.69) is 36.1 Å². The summed E-state index contributed by atoms with van der Waals surface area (Å²) in [4.78, 5) is 12.9. The van der Waals surface area contributed by atoms with Crippen molar-refractivity contribution in [2.45, 2.75) is 38.1 Å². The molecule has 1 aliphatic rings. The molecule has 0 radical (unpaired) electrons. The second kappa shape index (κ2) is 6.01. The summed E-state index contributed by atoms with van der Waals surface area (Å²) < 4.78 is 0. The van der Waals surface area contributed by atoms with Crippen molar-refractivity contribution in [2.75, 3.05) is 13.1 Å². The van der Waals surface area contributed by atoms with Crippen molar-refractivity contribution in [1.82, 2.24) is 4.90 Å². The Balaban J connectivity index is 1.83. The van der Waals surface area contributed by atoms with Crippen molar-refractivity contribution in [3.63, 3.8) is 0 Å². The van der Waals surface area contributed by atoms with Crippen LogP contribution >= 0.6 is 0 Å². The number of hydrogen-bond donors (Lipinski definition) is 1. The van der Waals surface area contributed by atoms with Crippen LogP contribution in [-0.4, -0.2) is 35.1 Å². The maximum Gasteiger partial charge on any atom is 0.317 e. The minimum Gasteiger partial charge on any atom is -0.480 e. The molecule has 3 nitrogen and oxygen atoms in total. The normalized spacial score (nSPS) is 16.8. The number of rotatable bonds is 7. The minimum atomic E-state index is -0.714. The average Bonchev–Trinajstić information content (AvgIpc) is 3.19. The third-order valence-corrected chi connectivity index (χ3v) is 3.62. The summed E-state index contributed by atoms with van der Waals surface area (Å²) >= 11 is 0. The first-order valence-electron chi connectivity index (χ1n) is 6.67. The van der Waals surface area contributed by atoms with Crippen LogP contribution in [0.2, 0.25) is 0 Å². The zero-order chi connectivity index (χ0) is 13.0. The Labute approximate surface area is 108 Å². The molecule has 1 N–H and O–H groups in total. The molecule has 0 aromatic heterocycles. The van der Waals surface area contributed by atoms with Gasteiger partial charge in [0.15, 0.2) is 0 Å². The summed E-state index contributed by atoms with van der Waals surface area (Å²) in [5, 5.41) is 8.90. The van der Waals surface area contributed by atoms with E-state index < -0.39 is 5.97 Å². The van der Waals surface area contributed by atoms with E-state index in [-0.39, 0.29) is 6.54 Å². The molecule has 1 saturated carbocycles. The highest BCUT2D eigenvalue weighted by atomic mass is 16.4. The van der Waals surface area contributed by atoms with Crippen LogP contribution in [0.15, 0.2) is 30.3 Å². The van der Waals surface area contributed by atoms with Gasteiger partial charge in [0.05, 0.1) is 6.54 Å². The number of carbonyl (C=O) groups is 1. The highest BCUT2D eigenvalue weighted by molar-refractivity contribution is 5.69. The standard InChI is InChI=1S/C15H21NO2/c1-12(13-5-3-2-4-6-13)9-10-16(11-15(17)18)14-7-8-14/h2-6,12,14H,7-11H2,1H3,(H,17,18). The molecule has 1 aromatic rings. The zero-order valence-electron chi connectivity index (χ0n) is 10.9. The molecule has 1 atom stereocenters. The molecular weight excluding hydrogens is 226 g/mol. The summed E-state index contributed by atoms with van der Waals surface area (Å²) in [6, 6.07) is 10.9. The number of nitrogens with zero attached hydrogens (tertiary/aromatic N) is 1. The van der Waals surface area contributed by atoms with E-state index in [1.807, 2.05) is 6.07 Å². The molecular formula is C15H21NO2. The fraction of sp³-hybridized carbons (Fsp3) is 0.533. The first-order chi connectivity index (χ1) is 8.66. The van der Waals surface area contributed by atoms with Crippen molar-refractivity contribution in [3.8, 4) is 0 Å². The molecule has 0 aliphatic heterocycles. The molecule has 1 unspecified atom stereocenters. The molecule has 1 aromatic carbocycles. The molecule has 98 valence electrons. The highest BCUT2D eigenvalue weighted by Crippen LogP contribution is 2.28. The largest absolute Gasteiger partial charge is 0.480 e. The van der Waals surface area contributed by atoms with Gasteiger partial charge in [0, 0.05) is 6.04 Å². The molecule has 1 aliphatic carbocycles. The molecule has 0 spiro atoms. The minimum absolute atomic E-state index is 0.187. The van der Waals surface area contributed by atoms with Gasteiger partial charge in [-0.2, -0.15) is 0 Å². The van der Waals surface area contributed by atoms with E-state index in [1.165, 1.54) is 5.56 Å². The predicted molar refractivity (Wildman–Crippen MR) is 71.7 cm³/mol. The molecule has 0 bridgehead atoms. The molecule has 0 heterocycles. The maximum atomic E-state index is 10.8. The van der Waals surface area contributed by atoms with Crippen LogP contribution < -0.4 is 0 Å². The number of benzene rings is 1. The van der Waals surface area contributed by atoms with Crippen LogP contribution in [0.3, 0.4) is 0 Å². The quantitative estimate of drug-likeness (QED) is 0.805. The van der Waals surface area contributed by atoms with E-state index in [1.54, 1.807) is 0 Å². The number of aliphatic carboxylic acids is 1. The van der Waals surface area contributed by atoms with Crippen LogP contribution in [0.5, 0.6) is 0 Å². The van der Waals surface area contributed by atoms with E-state index in [0.717, 1.165) is 25.8 Å². The molecule has 0 saturated heterocycles. The van der Waals surface area contributed by atoms with Crippen LogP contribution in [0.1, 0.15) is 37.7 Å². The Morgan fingerprint density at radius 3 is 2.61 bits per heavy atom. The molecule has 2 rings (SSSR count). The number of carboxylic acids is 1. The first kappa shape index (κ1) is 13.1. The van der Waals surface area contributed by atoms with Gasteiger partial charge in [-0.1, -0.05) is 37.3 Å². The fourth-order valence-electron chi connectivity index (χ4n) is 2.31. The molecule has 1 fully saturated rings. The van der Waals surface area contributed by atoms with Crippen molar-refractivity contribution in [1.29, 1.82) is 0 Å². The van der Waals surface area contributed by atoms with Crippen molar-refractivity contribution < 1.29 is 9.90 Å². The lowest BCUT2D eigenvalue weighted by atomic mass is 9.98. The van der Waals surface area contributed by atoms with Crippen molar-refractivity contribution in [2.24, 2.45) is 0 Å². The summed E-state index contributed by atoms with van der Waals surface area (Å²) in [5.74, 6) is -0.226. The van der Waals surface area contributed by atoms with Crippen LogP contribution in [0, 0.1) is 0 Å². The smallest absolute Gasteiger partial charge is 0.317 e. The first-order valence-corrected chi connectivity index (χ1v) is 6.67. The third-order valence-electron chi connectivity index (χ3n) is 3.62. The second-order valence-corrected chi connectivity index (χ2v) is 5.20. The van der Waals surface area contributed by atoms with Gasteiger partial charge in [0.2, 0.25) is 0 Å². The van der Waals surface area contributed by atoms with Gasteiger partial charge in [-0.25, -0.2) is 0 Å². The Kier molecular flexibility index (Phi) is 4.37. The predicted octanol–water partition coefficient (Wildman–Crippen LogP) is 2.73. The lowest BCUT2D eigenvalue weighted by molar-refractivity contribution is -0.138. The Hall–Kier alpha value is -1.35. The summed E-state index contributed by atoms with van der Waals surface area (Å²) in [7, 11) is 0. The summed E-state index contributed by atoms with van der Waals surface area (Å²) in [5.41, 5.74) is 1.34. The van der Waals surface area contributed by atoms with Crippen molar-refractivity contribution in [3.05, 3.63) is 35.9 Å². The average molecular weight is 247 g/mol. The maximum absolute atomic E-state index is 10.8. The van der Waals surface area contributed by atoms with Crippen LogP contribution in [0.25, 0.3) is 0 Å². The Morgan fingerprint density at radius 1 is 1.39 bits per heavy atom. The van der Waals surface area contributed by atoms with E-state index in [9.17, 15) is 4.79 Å². The Morgan fingerprint density at radius 2 is 2.06 bits per heavy atom. The van der Waals surface area contributed by atoms with E-state index in [0.29, 0.717) is 12.0 Å². The highest BCUT2D eigenvalue weighted by Gasteiger charge is 2.30. The second-order valence-electron chi connectivity index (χ2n) is 5.20. The number of hydrogen-bond acceptors (Lipinski definition) is 2. The van der Waals surface area contributed by atoms with Gasteiger partial charge in [-0.3, -0.25) is 9.69 Å². The summed E-state index contributed by atoms with van der Waals surface area (Å²) in [6.45, 7) is 3.28. The van der Waals surface area contributed by atoms with E-state index in [4.69, 9.17) is 5.11 Å². The topological polar surface area (TPSA) is 40.5 Å². The van der Waals surface area contributed by atoms with Gasteiger partial charge in [0.25, 0.3) is 0 Å². The van der Waals surface area contributed by atoms with Gasteiger partial charge >= 0.3 is 5.97 Å².